The summed E-state index contributed by atoms with van der Waals surface area (Å²) in [7, 11) is 0. The lowest BCUT2D eigenvalue weighted by atomic mass is 10.3. The van der Waals surface area contributed by atoms with Crippen LogP contribution >= 0.6 is 23.4 Å². The van der Waals surface area contributed by atoms with Gasteiger partial charge in [0, 0.05) is 21.4 Å². The number of thioether (sulfide) groups is 1. The molecule has 0 atom stereocenters. The normalized spacial score (nSPS) is 10.1. The summed E-state index contributed by atoms with van der Waals surface area (Å²) in [5.41, 5.74) is 7.76. The summed E-state index contributed by atoms with van der Waals surface area (Å²) in [5.74, 6) is 1.02. The minimum absolute atomic E-state index is 0.687. The zero-order valence-corrected chi connectivity index (χ0v) is 9.79. The van der Waals surface area contributed by atoms with Crippen LogP contribution in [-0.2, 0) is 0 Å². The molecule has 1 aromatic rings. The van der Waals surface area contributed by atoms with Gasteiger partial charge in [-0.2, -0.15) is 0 Å². The molecular weight excluding hydrogens is 214 g/mol. The molecule has 1 aromatic carbocycles. The van der Waals surface area contributed by atoms with Crippen LogP contribution in [0.5, 0.6) is 0 Å². The Labute approximate surface area is 94.3 Å². The topological polar surface area (TPSA) is 26.0 Å². The van der Waals surface area contributed by atoms with Crippen LogP contribution < -0.4 is 5.73 Å². The number of nitrogen functional groups attached to an aromatic ring is 1. The first-order valence-electron chi connectivity index (χ1n) is 4.42. The zero-order valence-electron chi connectivity index (χ0n) is 8.22. The van der Waals surface area contributed by atoms with Crippen molar-refractivity contribution in [1.29, 1.82) is 0 Å². The van der Waals surface area contributed by atoms with Crippen LogP contribution in [0, 0.1) is 0 Å². The molecule has 0 heterocycles. The highest BCUT2D eigenvalue weighted by atomic mass is 35.5. The Morgan fingerprint density at radius 3 is 2.86 bits per heavy atom. The summed E-state index contributed by atoms with van der Waals surface area (Å²) >= 11 is 7.54. The van der Waals surface area contributed by atoms with Crippen molar-refractivity contribution in [3.05, 3.63) is 35.4 Å². The van der Waals surface area contributed by atoms with Crippen LogP contribution in [-0.4, -0.2) is 5.75 Å². The van der Waals surface area contributed by atoms with Crippen LogP contribution in [0.25, 0.3) is 0 Å². The molecule has 1 rings (SSSR count). The fraction of sp³-hybridized carbons (Fsp3) is 0.273. The van der Waals surface area contributed by atoms with Gasteiger partial charge >= 0.3 is 0 Å². The molecule has 0 spiro atoms. The third kappa shape index (κ3) is 3.64. The quantitative estimate of drug-likeness (QED) is 0.478. The number of benzene rings is 1. The van der Waals surface area contributed by atoms with E-state index < -0.39 is 0 Å². The lowest BCUT2D eigenvalue weighted by Gasteiger charge is -2.05. The van der Waals surface area contributed by atoms with E-state index in [0.717, 1.165) is 22.8 Å². The van der Waals surface area contributed by atoms with Gasteiger partial charge in [-0.15, -0.1) is 18.3 Å². The van der Waals surface area contributed by atoms with E-state index in [9.17, 15) is 0 Å². The molecule has 0 aliphatic rings. The molecule has 0 saturated carbocycles. The molecule has 0 unspecified atom stereocenters. The summed E-state index contributed by atoms with van der Waals surface area (Å²) in [6, 6.07) is 5.60. The second-order valence-electron chi connectivity index (χ2n) is 3.24. The lowest BCUT2D eigenvalue weighted by molar-refractivity contribution is 1.12. The molecule has 0 fully saturated rings. The SMILES string of the molecule is C=C(C)CCSc1ccc(Cl)cc1N. The number of hydrogen-bond donors (Lipinski definition) is 1. The minimum Gasteiger partial charge on any atom is -0.398 e. The van der Waals surface area contributed by atoms with Gasteiger partial charge < -0.3 is 5.73 Å². The van der Waals surface area contributed by atoms with Crippen molar-refractivity contribution in [2.45, 2.75) is 18.2 Å². The molecule has 0 bridgehead atoms. The van der Waals surface area contributed by atoms with Gasteiger partial charge in [-0.25, -0.2) is 0 Å². The number of anilines is 1. The van der Waals surface area contributed by atoms with Gasteiger partial charge in [-0.05, 0) is 31.5 Å². The smallest absolute Gasteiger partial charge is 0.0467 e. The van der Waals surface area contributed by atoms with Crippen molar-refractivity contribution >= 4 is 29.1 Å². The molecule has 14 heavy (non-hydrogen) atoms. The number of rotatable bonds is 4. The van der Waals surface area contributed by atoms with Crippen molar-refractivity contribution in [2.24, 2.45) is 0 Å². The van der Waals surface area contributed by atoms with E-state index in [1.165, 1.54) is 5.57 Å². The highest BCUT2D eigenvalue weighted by molar-refractivity contribution is 7.99. The van der Waals surface area contributed by atoms with Crippen LogP contribution in [0.15, 0.2) is 35.2 Å². The average Bonchev–Trinajstić information content (AvgIpc) is 2.08. The minimum atomic E-state index is 0.687. The highest BCUT2D eigenvalue weighted by Gasteiger charge is 2.00. The average molecular weight is 228 g/mol. The van der Waals surface area contributed by atoms with Crippen molar-refractivity contribution in [3.63, 3.8) is 0 Å². The van der Waals surface area contributed by atoms with Crippen molar-refractivity contribution in [3.8, 4) is 0 Å². The summed E-state index contributed by atoms with van der Waals surface area (Å²) < 4.78 is 0. The molecule has 76 valence electrons. The van der Waals surface area contributed by atoms with Gasteiger partial charge in [0.1, 0.15) is 0 Å². The molecule has 3 heteroatoms. The van der Waals surface area contributed by atoms with E-state index >= 15 is 0 Å². The maximum Gasteiger partial charge on any atom is 0.0467 e. The molecular formula is C11H14ClNS. The van der Waals surface area contributed by atoms with Crippen molar-refractivity contribution < 1.29 is 0 Å². The molecule has 0 amide bonds. The predicted octanol–water partition coefficient (Wildman–Crippen LogP) is 3.98. The molecule has 0 aliphatic heterocycles. The monoisotopic (exact) mass is 227 g/mol. The predicted molar refractivity (Wildman–Crippen MR) is 66.0 cm³/mol. The third-order valence-corrected chi connectivity index (χ3v) is 3.08. The van der Waals surface area contributed by atoms with E-state index in [1.807, 2.05) is 19.1 Å². The first kappa shape index (κ1) is 11.5. The van der Waals surface area contributed by atoms with E-state index in [2.05, 4.69) is 6.58 Å². The Morgan fingerprint density at radius 2 is 2.29 bits per heavy atom. The molecule has 0 saturated heterocycles. The van der Waals surface area contributed by atoms with Gasteiger partial charge in [0.25, 0.3) is 0 Å². The Morgan fingerprint density at radius 1 is 1.57 bits per heavy atom. The van der Waals surface area contributed by atoms with Crippen molar-refractivity contribution in [1.82, 2.24) is 0 Å². The standard InChI is InChI=1S/C11H14ClNS/c1-8(2)5-6-14-11-4-3-9(12)7-10(11)13/h3-4,7H,1,5-6,13H2,2H3. The lowest BCUT2D eigenvalue weighted by Crippen LogP contribution is -1.89. The Kier molecular flexibility index (Phi) is 4.36. The number of nitrogens with two attached hydrogens (primary N) is 1. The number of allylic oxidation sites excluding steroid dienone is 1. The first-order chi connectivity index (χ1) is 6.59. The Balaban J connectivity index is 2.55. The van der Waals surface area contributed by atoms with E-state index in [-0.39, 0.29) is 0 Å². The summed E-state index contributed by atoms with van der Waals surface area (Å²) in [4.78, 5) is 1.09. The maximum atomic E-state index is 5.81. The van der Waals surface area contributed by atoms with E-state index in [4.69, 9.17) is 17.3 Å². The third-order valence-electron chi connectivity index (χ3n) is 1.76. The van der Waals surface area contributed by atoms with Crippen LogP contribution in [0.4, 0.5) is 5.69 Å². The van der Waals surface area contributed by atoms with Gasteiger partial charge in [-0.3, -0.25) is 0 Å². The Bertz CT molecular complexity index is 336. The molecule has 2 N–H and O–H groups in total. The van der Waals surface area contributed by atoms with Gasteiger partial charge in [0.2, 0.25) is 0 Å². The Hall–Kier alpha value is -0.600. The molecule has 0 aromatic heterocycles. The van der Waals surface area contributed by atoms with Crippen molar-refractivity contribution in [2.75, 3.05) is 11.5 Å². The zero-order chi connectivity index (χ0) is 10.6. The fourth-order valence-electron chi connectivity index (χ4n) is 0.986. The van der Waals surface area contributed by atoms with Gasteiger partial charge in [0.15, 0.2) is 0 Å². The summed E-state index contributed by atoms with van der Waals surface area (Å²) in [5, 5.41) is 0.687. The second-order valence-corrected chi connectivity index (χ2v) is 4.81. The second kappa shape index (κ2) is 5.32. The largest absolute Gasteiger partial charge is 0.398 e. The summed E-state index contributed by atoms with van der Waals surface area (Å²) in [6.07, 6.45) is 1.02. The number of hydrogen-bond acceptors (Lipinski definition) is 2. The van der Waals surface area contributed by atoms with Crippen LogP contribution in [0.3, 0.4) is 0 Å². The molecule has 0 radical (unpaired) electrons. The molecule has 1 nitrogen and oxygen atoms in total. The first-order valence-corrected chi connectivity index (χ1v) is 5.78. The summed E-state index contributed by atoms with van der Waals surface area (Å²) in [6.45, 7) is 5.89. The van der Waals surface area contributed by atoms with Gasteiger partial charge in [0.05, 0.1) is 0 Å². The van der Waals surface area contributed by atoms with E-state index in [0.29, 0.717) is 5.02 Å². The fourth-order valence-corrected chi connectivity index (χ4v) is 2.23. The van der Waals surface area contributed by atoms with Crippen LogP contribution in [0.1, 0.15) is 13.3 Å². The van der Waals surface area contributed by atoms with E-state index in [1.54, 1.807) is 17.8 Å². The van der Waals surface area contributed by atoms with Gasteiger partial charge in [-0.1, -0.05) is 17.2 Å². The number of halogens is 1. The highest BCUT2D eigenvalue weighted by Crippen LogP contribution is 2.28. The molecule has 0 aliphatic carbocycles. The maximum absolute atomic E-state index is 5.81. The van der Waals surface area contributed by atoms with Crippen LogP contribution in [0.2, 0.25) is 5.02 Å².